The summed E-state index contributed by atoms with van der Waals surface area (Å²) in [5.74, 6) is -1.88. The summed E-state index contributed by atoms with van der Waals surface area (Å²) in [6.07, 6.45) is 2.60. The van der Waals surface area contributed by atoms with E-state index in [0.717, 1.165) is 6.42 Å². The third kappa shape index (κ3) is 3.72. The van der Waals surface area contributed by atoms with Crippen LogP contribution >= 0.6 is 23.4 Å². The smallest absolute Gasteiger partial charge is 0.310 e. The first-order valence-corrected chi connectivity index (χ1v) is 12.0. The van der Waals surface area contributed by atoms with Gasteiger partial charge in [0.2, 0.25) is 11.8 Å². The van der Waals surface area contributed by atoms with Crippen molar-refractivity contribution in [1.82, 2.24) is 4.90 Å². The number of esters is 1. The minimum Gasteiger partial charge on any atom is -0.466 e. The van der Waals surface area contributed by atoms with Crippen LogP contribution in [0.2, 0.25) is 5.02 Å². The number of hydrogen-bond acceptors (Lipinski definition) is 6. The molecule has 3 aliphatic rings. The van der Waals surface area contributed by atoms with Gasteiger partial charge in [0.05, 0.1) is 33.9 Å². The predicted octanol–water partition coefficient (Wildman–Crippen LogP) is 2.71. The van der Waals surface area contributed by atoms with Gasteiger partial charge in [-0.25, -0.2) is 0 Å². The van der Waals surface area contributed by atoms with Crippen LogP contribution in [0, 0.1) is 11.8 Å². The van der Waals surface area contributed by atoms with E-state index in [0.29, 0.717) is 36.5 Å². The van der Waals surface area contributed by atoms with E-state index in [1.807, 2.05) is 0 Å². The van der Waals surface area contributed by atoms with Crippen LogP contribution < -0.4 is 5.32 Å². The largest absolute Gasteiger partial charge is 0.466 e. The summed E-state index contributed by atoms with van der Waals surface area (Å²) in [4.78, 5) is 41.5. The maximum Gasteiger partial charge on any atom is 0.310 e. The maximum absolute atomic E-state index is 13.6. The molecule has 3 fully saturated rings. The highest BCUT2D eigenvalue weighted by Crippen LogP contribution is 2.66. The third-order valence-electron chi connectivity index (χ3n) is 6.55. The van der Waals surface area contributed by atoms with Crippen molar-refractivity contribution in [3.8, 4) is 0 Å². The van der Waals surface area contributed by atoms with Gasteiger partial charge in [0.15, 0.2) is 0 Å². The molecule has 1 aromatic carbocycles. The van der Waals surface area contributed by atoms with Crippen molar-refractivity contribution in [2.75, 3.05) is 25.1 Å². The van der Waals surface area contributed by atoms with E-state index in [1.54, 1.807) is 47.9 Å². The van der Waals surface area contributed by atoms with Crippen LogP contribution in [0.1, 0.15) is 32.6 Å². The van der Waals surface area contributed by atoms with Gasteiger partial charge >= 0.3 is 5.97 Å². The zero-order chi connectivity index (χ0) is 22.2. The number of aliphatic hydroxyl groups is 1. The lowest BCUT2D eigenvalue weighted by Gasteiger charge is -2.34. The monoisotopic (exact) mass is 466 g/mol. The minimum atomic E-state index is -0.700. The standard InChI is InChI=1S/C22H27ClN2O5S/c1-2-30-21(29)16-15-9-10-22(31-15)17(16)20(28)25(11-5-6-12-26)18(22)19(27)24-14-8-4-3-7-13(14)23/h3-4,7-8,15-18,26H,2,5-6,9-12H2,1H3,(H,24,27)/t15-,16+,17+,18?,22?/m1/s1. The number of ether oxygens (including phenoxy) is 1. The van der Waals surface area contributed by atoms with Crippen LogP contribution in [0.25, 0.3) is 0 Å². The van der Waals surface area contributed by atoms with Crippen molar-refractivity contribution in [2.45, 2.75) is 48.6 Å². The number of fused-ring (bicyclic) bond motifs is 1. The highest BCUT2D eigenvalue weighted by atomic mass is 35.5. The van der Waals surface area contributed by atoms with Crippen LogP contribution in [-0.2, 0) is 19.1 Å². The van der Waals surface area contributed by atoms with E-state index in [-0.39, 0.29) is 36.2 Å². The Bertz CT molecular complexity index is 883. The number of likely N-dealkylation sites (tertiary alicyclic amines) is 1. The number of aliphatic hydroxyl groups excluding tert-OH is 1. The Balaban J connectivity index is 1.67. The summed E-state index contributed by atoms with van der Waals surface area (Å²) >= 11 is 7.84. The molecule has 3 aliphatic heterocycles. The molecule has 0 aliphatic carbocycles. The first-order chi connectivity index (χ1) is 14.9. The van der Waals surface area contributed by atoms with Gasteiger partial charge in [-0.1, -0.05) is 23.7 Å². The maximum atomic E-state index is 13.6. The molecule has 7 nitrogen and oxygen atoms in total. The van der Waals surface area contributed by atoms with Crippen molar-refractivity contribution >= 4 is 46.8 Å². The fourth-order valence-electron chi connectivity index (χ4n) is 5.36. The fraction of sp³-hybridized carbons (Fsp3) is 0.591. The number of carbonyl (C=O) groups excluding carboxylic acids is 3. The van der Waals surface area contributed by atoms with Gasteiger partial charge in [-0.15, -0.1) is 11.8 Å². The molecular weight excluding hydrogens is 440 g/mol. The number of nitrogens with one attached hydrogen (secondary N) is 1. The van der Waals surface area contributed by atoms with E-state index in [1.165, 1.54) is 0 Å². The van der Waals surface area contributed by atoms with E-state index < -0.39 is 22.6 Å². The Morgan fingerprint density at radius 2 is 2.13 bits per heavy atom. The number of thioether (sulfide) groups is 1. The molecule has 0 saturated carbocycles. The number of anilines is 1. The Morgan fingerprint density at radius 3 is 2.84 bits per heavy atom. The van der Waals surface area contributed by atoms with E-state index in [2.05, 4.69) is 5.32 Å². The molecule has 9 heteroatoms. The lowest BCUT2D eigenvalue weighted by atomic mass is 9.71. The highest BCUT2D eigenvalue weighted by Gasteiger charge is 2.73. The normalized spacial score (nSPS) is 31.1. The number of benzene rings is 1. The number of amides is 2. The molecule has 2 bridgehead atoms. The lowest BCUT2D eigenvalue weighted by Crippen LogP contribution is -2.51. The van der Waals surface area contributed by atoms with Gasteiger partial charge in [-0.3, -0.25) is 14.4 Å². The number of carbonyl (C=O) groups is 3. The van der Waals surface area contributed by atoms with Gasteiger partial charge < -0.3 is 20.1 Å². The van der Waals surface area contributed by atoms with Crippen LogP contribution in [0.15, 0.2) is 24.3 Å². The van der Waals surface area contributed by atoms with Gasteiger partial charge in [-0.2, -0.15) is 0 Å². The van der Waals surface area contributed by atoms with Crippen LogP contribution in [-0.4, -0.2) is 63.6 Å². The average Bonchev–Trinajstić information content (AvgIpc) is 3.38. The molecule has 0 radical (unpaired) electrons. The molecule has 1 aromatic rings. The van der Waals surface area contributed by atoms with Crippen molar-refractivity contribution in [3.63, 3.8) is 0 Å². The van der Waals surface area contributed by atoms with E-state index >= 15 is 0 Å². The molecule has 5 atom stereocenters. The Kier molecular flexibility index (Phi) is 6.51. The molecule has 2 N–H and O–H groups in total. The first-order valence-electron chi connectivity index (χ1n) is 10.8. The summed E-state index contributed by atoms with van der Waals surface area (Å²) in [6.45, 7) is 2.40. The summed E-state index contributed by atoms with van der Waals surface area (Å²) in [6, 6.07) is 6.29. The molecule has 0 aromatic heterocycles. The number of nitrogens with zero attached hydrogens (tertiary/aromatic N) is 1. The lowest BCUT2D eigenvalue weighted by molar-refractivity contribution is -0.153. The summed E-state index contributed by atoms with van der Waals surface area (Å²) in [5, 5.41) is 12.5. The van der Waals surface area contributed by atoms with Crippen molar-refractivity contribution in [1.29, 1.82) is 0 Å². The molecule has 3 heterocycles. The average molecular weight is 467 g/mol. The van der Waals surface area contributed by atoms with Crippen molar-refractivity contribution < 1.29 is 24.2 Å². The SMILES string of the molecule is CCOC(=O)[C@@H]1[C@H]2C(=O)N(CCCCO)C(C(=O)Nc3ccccc3Cl)C23CC[C@H]1S3. The topological polar surface area (TPSA) is 95.9 Å². The van der Waals surface area contributed by atoms with Gasteiger partial charge in [0.25, 0.3) is 0 Å². The van der Waals surface area contributed by atoms with E-state index in [4.69, 9.17) is 16.3 Å². The second-order valence-electron chi connectivity index (χ2n) is 8.24. The Morgan fingerprint density at radius 1 is 1.35 bits per heavy atom. The highest BCUT2D eigenvalue weighted by molar-refractivity contribution is 8.02. The van der Waals surface area contributed by atoms with E-state index in [9.17, 15) is 19.5 Å². The number of rotatable bonds is 8. The fourth-order valence-corrected chi connectivity index (χ4v) is 7.75. The zero-order valence-corrected chi connectivity index (χ0v) is 19.0. The number of halogens is 1. The van der Waals surface area contributed by atoms with Crippen LogP contribution in [0.4, 0.5) is 5.69 Å². The predicted molar refractivity (Wildman–Crippen MR) is 119 cm³/mol. The molecular formula is C22H27ClN2O5S. The quantitative estimate of drug-likeness (QED) is 0.451. The minimum absolute atomic E-state index is 0.0109. The Hall–Kier alpha value is -1.77. The third-order valence-corrected chi connectivity index (χ3v) is 8.83. The molecule has 1 spiro atoms. The molecule has 4 rings (SSSR count). The van der Waals surface area contributed by atoms with Crippen molar-refractivity contribution in [2.24, 2.45) is 11.8 Å². The summed E-state index contributed by atoms with van der Waals surface area (Å²) in [7, 11) is 0. The molecule has 31 heavy (non-hydrogen) atoms. The van der Waals surface area contributed by atoms with Crippen LogP contribution in [0.5, 0.6) is 0 Å². The second kappa shape index (κ2) is 9.00. The van der Waals surface area contributed by atoms with Gasteiger partial charge in [-0.05, 0) is 44.7 Å². The molecule has 2 unspecified atom stereocenters. The summed E-state index contributed by atoms with van der Waals surface area (Å²) < 4.78 is 4.65. The second-order valence-corrected chi connectivity index (χ2v) is 10.2. The molecule has 3 saturated heterocycles. The first kappa shape index (κ1) is 22.4. The molecule has 2 amide bonds. The summed E-state index contributed by atoms with van der Waals surface area (Å²) in [5.41, 5.74) is 0.497. The number of unbranched alkanes of at least 4 members (excludes halogenated alkanes) is 1. The molecule has 168 valence electrons. The Labute approximate surface area is 190 Å². The van der Waals surface area contributed by atoms with Gasteiger partial charge in [0, 0.05) is 18.4 Å². The van der Waals surface area contributed by atoms with Crippen molar-refractivity contribution in [3.05, 3.63) is 29.3 Å². The zero-order valence-electron chi connectivity index (χ0n) is 17.4. The van der Waals surface area contributed by atoms with Gasteiger partial charge in [0.1, 0.15) is 6.04 Å². The van der Waals surface area contributed by atoms with Crippen LogP contribution in [0.3, 0.4) is 0 Å². The number of para-hydroxylation sites is 1. The number of hydrogen-bond donors (Lipinski definition) is 2.